The highest BCUT2D eigenvalue weighted by atomic mass is 16.5. The van der Waals surface area contributed by atoms with Gasteiger partial charge in [-0.2, -0.15) is 9.97 Å². The van der Waals surface area contributed by atoms with Gasteiger partial charge in [-0.3, -0.25) is 0 Å². The number of anilines is 5. The summed E-state index contributed by atoms with van der Waals surface area (Å²) in [7, 11) is 0. The summed E-state index contributed by atoms with van der Waals surface area (Å²) in [5.74, 6) is 2.73. The minimum absolute atomic E-state index is 0.0793. The lowest BCUT2D eigenvalue weighted by Crippen LogP contribution is -2.30. The van der Waals surface area contributed by atoms with Crippen LogP contribution in [0.5, 0.6) is 5.88 Å². The first-order valence-corrected chi connectivity index (χ1v) is 11.4. The molecule has 4 aromatic heterocycles. The Bertz CT molecular complexity index is 1210. The molecule has 2 N–H and O–H groups in total. The van der Waals surface area contributed by atoms with Crippen molar-refractivity contribution in [1.29, 1.82) is 0 Å². The van der Waals surface area contributed by atoms with E-state index in [1.54, 1.807) is 12.4 Å². The van der Waals surface area contributed by atoms with Crippen molar-refractivity contribution in [2.24, 2.45) is 0 Å². The zero-order valence-electron chi connectivity index (χ0n) is 18.9. The maximum absolute atomic E-state index is 5.63. The van der Waals surface area contributed by atoms with Crippen molar-refractivity contribution in [1.82, 2.24) is 24.3 Å². The van der Waals surface area contributed by atoms with Gasteiger partial charge in [0, 0.05) is 55.6 Å². The number of imidazole rings is 1. The highest BCUT2D eigenvalue weighted by Crippen LogP contribution is 2.26. The Kier molecular flexibility index (Phi) is 5.93. The Morgan fingerprint density at radius 3 is 2.58 bits per heavy atom. The van der Waals surface area contributed by atoms with Gasteiger partial charge in [0.15, 0.2) is 0 Å². The van der Waals surface area contributed by atoms with Gasteiger partial charge in [-0.15, -0.1) is 0 Å². The molecule has 0 aromatic carbocycles. The lowest BCUT2D eigenvalue weighted by atomic mass is 10.1. The third kappa shape index (κ3) is 5.14. The molecule has 0 bridgehead atoms. The molecule has 1 fully saturated rings. The first-order chi connectivity index (χ1) is 16.1. The van der Waals surface area contributed by atoms with Gasteiger partial charge in [0.05, 0.1) is 18.0 Å². The van der Waals surface area contributed by atoms with Crippen molar-refractivity contribution in [2.75, 3.05) is 28.6 Å². The Labute approximate surface area is 192 Å². The fraction of sp³-hybridized carbons (Fsp3) is 0.333. The van der Waals surface area contributed by atoms with Crippen LogP contribution in [0.4, 0.5) is 29.0 Å². The van der Waals surface area contributed by atoms with Crippen molar-refractivity contribution < 1.29 is 4.74 Å². The summed E-state index contributed by atoms with van der Waals surface area (Å²) in [6.45, 7) is 5.95. The second kappa shape index (κ2) is 9.32. The molecule has 0 saturated carbocycles. The van der Waals surface area contributed by atoms with Crippen molar-refractivity contribution in [3.05, 3.63) is 55.1 Å². The number of fused-ring (bicyclic) bond motifs is 1. The quantitative estimate of drug-likeness (QED) is 0.421. The molecule has 0 spiro atoms. The smallest absolute Gasteiger partial charge is 0.231 e. The van der Waals surface area contributed by atoms with Crippen LogP contribution in [0.25, 0.3) is 5.65 Å². The van der Waals surface area contributed by atoms with E-state index in [0.29, 0.717) is 11.8 Å². The zero-order chi connectivity index (χ0) is 22.6. The molecule has 9 nitrogen and oxygen atoms in total. The van der Waals surface area contributed by atoms with Crippen LogP contribution in [0, 0.1) is 0 Å². The molecule has 5 rings (SSSR count). The molecule has 170 valence electrons. The molecule has 0 aliphatic carbocycles. The number of nitrogens with one attached hydrogen (secondary N) is 2. The maximum atomic E-state index is 5.63. The first kappa shape index (κ1) is 21.0. The van der Waals surface area contributed by atoms with E-state index < -0.39 is 0 Å². The number of rotatable bonds is 7. The van der Waals surface area contributed by atoms with Gasteiger partial charge in [-0.25, -0.2) is 9.97 Å². The van der Waals surface area contributed by atoms with Crippen molar-refractivity contribution in [3.63, 3.8) is 0 Å². The Morgan fingerprint density at radius 2 is 1.79 bits per heavy atom. The normalized spacial score (nSPS) is 14.0. The van der Waals surface area contributed by atoms with Crippen molar-refractivity contribution in [2.45, 2.75) is 39.2 Å². The Morgan fingerprint density at radius 1 is 0.909 bits per heavy atom. The second-order valence-corrected chi connectivity index (χ2v) is 8.39. The molecule has 0 unspecified atom stereocenters. The summed E-state index contributed by atoms with van der Waals surface area (Å²) >= 11 is 0. The summed E-state index contributed by atoms with van der Waals surface area (Å²) in [6, 6.07) is 9.76. The average molecular weight is 445 g/mol. The third-order valence-corrected chi connectivity index (χ3v) is 5.41. The standard InChI is InChI=1S/C24H28N8O/c1-17(2)33-23-7-6-19(16-26-23)28-24-29-20(15-22(30-24)31-10-4-3-5-11-31)27-18-8-12-32-13-9-25-21(32)14-18/h6-9,12-17H,3-5,10-11H2,1-2H3,(H2,27,28,29,30). The van der Waals surface area contributed by atoms with Crippen molar-refractivity contribution >= 4 is 34.6 Å². The second-order valence-electron chi connectivity index (χ2n) is 8.39. The maximum Gasteiger partial charge on any atom is 0.231 e. The van der Waals surface area contributed by atoms with Crippen molar-refractivity contribution in [3.8, 4) is 5.88 Å². The molecular weight excluding hydrogens is 416 g/mol. The van der Waals surface area contributed by atoms with E-state index in [1.807, 2.05) is 61.0 Å². The van der Waals surface area contributed by atoms with Crippen LogP contribution in [0.1, 0.15) is 33.1 Å². The number of hydrogen-bond acceptors (Lipinski definition) is 8. The molecule has 1 saturated heterocycles. The summed E-state index contributed by atoms with van der Waals surface area (Å²) in [4.78, 5) is 20.6. The number of nitrogens with zero attached hydrogens (tertiary/aromatic N) is 6. The molecule has 1 aliphatic rings. The van der Waals surface area contributed by atoms with Gasteiger partial charge in [0.1, 0.15) is 17.3 Å². The number of hydrogen-bond donors (Lipinski definition) is 2. The van der Waals surface area contributed by atoms with E-state index in [2.05, 4.69) is 25.5 Å². The van der Waals surface area contributed by atoms with Gasteiger partial charge < -0.3 is 24.7 Å². The van der Waals surface area contributed by atoms with E-state index in [-0.39, 0.29) is 6.10 Å². The molecule has 1 aliphatic heterocycles. The van der Waals surface area contributed by atoms with Gasteiger partial charge in [0.2, 0.25) is 11.8 Å². The lowest BCUT2D eigenvalue weighted by Gasteiger charge is -2.28. The summed E-state index contributed by atoms with van der Waals surface area (Å²) in [6.07, 6.45) is 11.1. The molecule has 0 amide bonds. The first-order valence-electron chi connectivity index (χ1n) is 11.4. The van der Waals surface area contributed by atoms with E-state index in [1.165, 1.54) is 19.3 Å². The van der Waals surface area contributed by atoms with Gasteiger partial charge >= 0.3 is 0 Å². The number of piperidine rings is 1. The minimum Gasteiger partial charge on any atom is -0.475 e. The molecule has 0 atom stereocenters. The summed E-state index contributed by atoms with van der Waals surface area (Å²) < 4.78 is 7.60. The zero-order valence-corrected chi connectivity index (χ0v) is 18.9. The number of aromatic nitrogens is 5. The van der Waals surface area contributed by atoms with Crippen LogP contribution in [0.15, 0.2) is 55.1 Å². The largest absolute Gasteiger partial charge is 0.475 e. The molecule has 5 heterocycles. The highest BCUT2D eigenvalue weighted by molar-refractivity contribution is 5.66. The van der Waals surface area contributed by atoms with Crippen LogP contribution in [-0.4, -0.2) is 43.5 Å². The molecule has 33 heavy (non-hydrogen) atoms. The fourth-order valence-corrected chi connectivity index (χ4v) is 3.87. The van der Waals surface area contributed by atoms with Crippen LogP contribution in [-0.2, 0) is 0 Å². The van der Waals surface area contributed by atoms with Gasteiger partial charge in [0.25, 0.3) is 0 Å². The summed E-state index contributed by atoms with van der Waals surface area (Å²) in [5, 5.41) is 6.71. The summed E-state index contributed by atoms with van der Waals surface area (Å²) in [5.41, 5.74) is 2.59. The van der Waals surface area contributed by atoms with E-state index in [9.17, 15) is 0 Å². The van der Waals surface area contributed by atoms with Gasteiger partial charge in [-0.05, 0) is 45.2 Å². The van der Waals surface area contributed by atoms with Crippen LogP contribution < -0.4 is 20.3 Å². The average Bonchev–Trinajstić information content (AvgIpc) is 3.28. The monoisotopic (exact) mass is 444 g/mol. The Hall–Kier alpha value is -3.88. The van der Waals surface area contributed by atoms with Crippen LogP contribution >= 0.6 is 0 Å². The van der Waals surface area contributed by atoms with Gasteiger partial charge in [-0.1, -0.05) is 0 Å². The Balaban J connectivity index is 1.41. The fourth-order valence-electron chi connectivity index (χ4n) is 3.87. The lowest BCUT2D eigenvalue weighted by molar-refractivity contribution is 0.232. The predicted octanol–water partition coefficient (Wildman–Crippen LogP) is 4.78. The SMILES string of the molecule is CC(C)Oc1ccc(Nc2nc(Nc3ccn4ccnc4c3)cc(N3CCCCC3)n2)cn1. The van der Waals surface area contributed by atoms with E-state index >= 15 is 0 Å². The number of ether oxygens (including phenoxy) is 1. The highest BCUT2D eigenvalue weighted by Gasteiger charge is 2.15. The van der Waals surface area contributed by atoms with Crippen LogP contribution in [0.3, 0.4) is 0 Å². The molecule has 4 aromatic rings. The van der Waals surface area contributed by atoms with E-state index in [4.69, 9.17) is 14.7 Å². The molecule has 9 heteroatoms. The number of pyridine rings is 2. The topological polar surface area (TPSA) is 92.5 Å². The molecular formula is C24H28N8O. The minimum atomic E-state index is 0.0793. The van der Waals surface area contributed by atoms with E-state index in [0.717, 1.165) is 41.7 Å². The molecule has 0 radical (unpaired) electrons. The van der Waals surface area contributed by atoms with Crippen LogP contribution in [0.2, 0.25) is 0 Å². The third-order valence-electron chi connectivity index (χ3n) is 5.41. The predicted molar refractivity (Wildman–Crippen MR) is 130 cm³/mol.